The molecule has 0 amide bonds. The van der Waals surface area contributed by atoms with E-state index in [1.165, 1.54) is 18.4 Å². The van der Waals surface area contributed by atoms with Gasteiger partial charge in [-0.05, 0) is 11.4 Å². The monoisotopic (exact) mass is 264 g/mol. The SMILES string of the molecule is C=C(C(=O)OC)c1cccs1.CS(=O)(=O)O. The van der Waals surface area contributed by atoms with Crippen molar-refractivity contribution in [2.75, 3.05) is 13.4 Å². The van der Waals surface area contributed by atoms with Gasteiger partial charge in [-0.1, -0.05) is 12.6 Å². The first-order valence-corrected chi connectivity index (χ1v) is 6.72. The van der Waals surface area contributed by atoms with Crippen LogP contribution in [-0.2, 0) is 19.6 Å². The maximum absolute atomic E-state index is 10.9. The van der Waals surface area contributed by atoms with Crippen molar-refractivity contribution in [3.63, 3.8) is 0 Å². The highest BCUT2D eigenvalue weighted by molar-refractivity contribution is 7.85. The van der Waals surface area contributed by atoms with Gasteiger partial charge in [-0.3, -0.25) is 4.55 Å². The Balaban J connectivity index is 0.000000385. The van der Waals surface area contributed by atoms with Crippen LogP contribution in [0.1, 0.15) is 4.88 Å². The van der Waals surface area contributed by atoms with Crippen LogP contribution < -0.4 is 0 Å². The van der Waals surface area contributed by atoms with Crippen molar-refractivity contribution >= 4 is 33.0 Å². The van der Waals surface area contributed by atoms with Crippen molar-refractivity contribution in [2.45, 2.75) is 0 Å². The Labute approximate surface area is 98.1 Å². The molecule has 0 aliphatic heterocycles. The van der Waals surface area contributed by atoms with E-state index in [-0.39, 0.29) is 5.97 Å². The molecule has 1 aromatic heterocycles. The highest BCUT2D eigenvalue weighted by Gasteiger charge is 2.08. The van der Waals surface area contributed by atoms with Gasteiger partial charge in [0.25, 0.3) is 10.1 Å². The number of hydrogen-bond acceptors (Lipinski definition) is 5. The van der Waals surface area contributed by atoms with Gasteiger partial charge in [-0.15, -0.1) is 11.3 Å². The van der Waals surface area contributed by atoms with E-state index in [1.807, 2.05) is 17.5 Å². The summed E-state index contributed by atoms with van der Waals surface area (Å²) < 4.78 is 30.4. The summed E-state index contributed by atoms with van der Waals surface area (Å²) in [5.41, 5.74) is 0.419. The van der Waals surface area contributed by atoms with Crippen LogP contribution >= 0.6 is 11.3 Å². The first-order chi connectivity index (χ1) is 7.25. The van der Waals surface area contributed by atoms with Crippen LogP contribution in [-0.4, -0.2) is 32.3 Å². The van der Waals surface area contributed by atoms with Crippen molar-refractivity contribution in [1.82, 2.24) is 0 Å². The molecule has 0 spiro atoms. The lowest BCUT2D eigenvalue weighted by atomic mass is 10.2. The van der Waals surface area contributed by atoms with Gasteiger partial charge in [0.2, 0.25) is 0 Å². The Morgan fingerprint density at radius 1 is 1.56 bits per heavy atom. The minimum absolute atomic E-state index is 0.368. The molecule has 0 saturated carbocycles. The molecule has 0 aliphatic carbocycles. The van der Waals surface area contributed by atoms with Crippen molar-refractivity contribution in [3.05, 3.63) is 29.0 Å². The number of thiophene rings is 1. The molecular formula is C9H12O5S2. The molecule has 1 aromatic rings. The second-order valence-corrected chi connectivity index (χ2v) is 5.09. The number of carbonyl (C=O) groups excluding carboxylic acids is 1. The predicted molar refractivity (Wildman–Crippen MR) is 62.8 cm³/mol. The van der Waals surface area contributed by atoms with Crippen LogP contribution in [0.3, 0.4) is 0 Å². The quantitative estimate of drug-likeness (QED) is 0.496. The summed E-state index contributed by atoms with van der Waals surface area (Å²) in [6.45, 7) is 3.60. The summed E-state index contributed by atoms with van der Waals surface area (Å²) in [7, 11) is -2.32. The molecule has 0 saturated heterocycles. The first kappa shape index (κ1) is 14.8. The van der Waals surface area contributed by atoms with Gasteiger partial charge in [0.1, 0.15) is 0 Å². The minimum atomic E-state index is -3.67. The van der Waals surface area contributed by atoms with Crippen molar-refractivity contribution in [1.29, 1.82) is 0 Å². The van der Waals surface area contributed by atoms with Crippen LogP contribution in [0.15, 0.2) is 24.1 Å². The molecule has 0 aromatic carbocycles. The van der Waals surface area contributed by atoms with Gasteiger partial charge in [0.15, 0.2) is 0 Å². The highest BCUT2D eigenvalue weighted by Crippen LogP contribution is 2.18. The van der Waals surface area contributed by atoms with Crippen LogP contribution in [0.25, 0.3) is 5.57 Å². The lowest BCUT2D eigenvalue weighted by Gasteiger charge is -1.98. The van der Waals surface area contributed by atoms with Gasteiger partial charge >= 0.3 is 5.97 Å². The van der Waals surface area contributed by atoms with E-state index in [1.54, 1.807) is 0 Å². The van der Waals surface area contributed by atoms with Gasteiger partial charge < -0.3 is 4.74 Å². The number of methoxy groups -OCH3 is 1. The topological polar surface area (TPSA) is 80.7 Å². The van der Waals surface area contributed by atoms with E-state index < -0.39 is 10.1 Å². The minimum Gasteiger partial charge on any atom is -0.465 e. The molecule has 5 nitrogen and oxygen atoms in total. The third kappa shape index (κ3) is 7.16. The van der Waals surface area contributed by atoms with E-state index in [0.717, 1.165) is 4.88 Å². The summed E-state index contributed by atoms with van der Waals surface area (Å²) in [6.07, 6.45) is 0.715. The van der Waals surface area contributed by atoms with E-state index in [4.69, 9.17) is 4.55 Å². The zero-order valence-electron chi connectivity index (χ0n) is 8.84. The van der Waals surface area contributed by atoms with Crippen LogP contribution in [0.2, 0.25) is 0 Å². The molecule has 0 atom stereocenters. The van der Waals surface area contributed by atoms with Gasteiger partial charge in [-0.2, -0.15) is 8.42 Å². The molecule has 1 heterocycles. The smallest absolute Gasteiger partial charge is 0.338 e. The van der Waals surface area contributed by atoms with E-state index in [9.17, 15) is 13.2 Å². The summed E-state index contributed by atoms with van der Waals surface area (Å²) in [5.74, 6) is -0.368. The van der Waals surface area contributed by atoms with Crippen molar-refractivity contribution in [2.24, 2.45) is 0 Å². The number of rotatable bonds is 2. The molecule has 7 heteroatoms. The maximum atomic E-state index is 10.9. The summed E-state index contributed by atoms with van der Waals surface area (Å²) in [6, 6.07) is 3.71. The molecule has 0 radical (unpaired) electrons. The molecule has 0 unspecified atom stereocenters. The third-order valence-electron chi connectivity index (χ3n) is 1.25. The molecule has 90 valence electrons. The molecular weight excluding hydrogens is 252 g/mol. The molecule has 0 bridgehead atoms. The highest BCUT2D eigenvalue weighted by atomic mass is 32.2. The van der Waals surface area contributed by atoms with E-state index in [0.29, 0.717) is 11.8 Å². The Kier molecular flexibility index (Phi) is 5.94. The van der Waals surface area contributed by atoms with E-state index >= 15 is 0 Å². The second kappa shape index (κ2) is 6.41. The van der Waals surface area contributed by atoms with Crippen molar-refractivity contribution in [3.8, 4) is 0 Å². The van der Waals surface area contributed by atoms with Crippen LogP contribution in [0, 0.1) is 0 Å². The number of esters is 1. The number of carbonyl (C=O) groups is 1. The van der Waals surface area contributed by atoms with Crippen molar-refractivity contribution < 1.29 is 22.5 Å². The third-order valence-corrected chi connectivity index (χ3v) is 2.18. The average molecular weight is 264 g/mol. The van der Waals surface area contributed by atoms with E-state index in [2.05, 4.69) is 11.3 Å². The van der Waals surface area contributed by atoms with Gasteiger partial charge in [0.05, 0.1) is 18.9 Å². The fraction of sp³-hybridized carbons (Fsp3) is 0.222. The molecule has 0 fully saturated rings. The Morgan fingerprint density at radius 2 is 2.06 bits per heavy atom. The average Bonchev–Trinajstić information content (AvgIpc) is 2.65. The zero-order valence-corrected chi connectivity index (χ0v) is 10.5. The largest absolute Gasteiger partial charge is 0.465 e. The normalized spacial score (nSPS) is 9.94. The number of ether oxygens (including phenoxy) is 1. The second-order valence-electron chi connectivity index (χ2n) is 2.68. The summed E-state index contributed by atoms with van der Waals surface area (Å²) >= 11 is 1.47. The lowest BCUT2D eigenvalue weighted by Crippen LogP contribution is -2.00. The fourth-order valence-electron chi connectivity index (χ4n) is 0.674. The van der Waals surface area contributed by atoms with Gasteiger partial charge in [-0.25, -0.2) is 4.79 Å². The van der Waals surface area contributed by atoms with Crippen LogP contribution in [0.5, 0.6) is 0 Å². The first-order valence-electron chi connectivity index (χ1n) is 3.99. The molecule has 0 aliphatic rings. The number of hydrogen-bond donors (Lipinski definition) is 1. The molecule has 16 heavy (non-hydrogen) atoms. The Bertz CT molecular complexity index is 436. The Morgan fingerprint density at radius 3 is 2.38 bits per heavy atom. The molecule has 1 N–H and O–H groups in total. The maximum Gasteiger partial charge on any atom is 0.338 e. The molecule has 1 rings (SSSR count). The summed E-state index contributed by atoms with van der Waals surface area (Å²) in [4.78, 5) is 11.8. The Hall–Kier alpha value is -1.18. The summed E-state index contributed by atoms with van der Waals surface area (Å²) in [5, 5.41) is 1.89. The fourth-order valence-corrected chi connectivity index (χ4v) is 1.36. The zero-order chi connectivity index (χ0) is 12.8. The van der Waals surface area contributed by atoms with Crippen LogP contribution in [0.4, 0.5) is 0 Å². The standard InChI is InChI=1S/C8H8O2S.CH4O3S/c1-6(8(9)10-2)7-4-3-5-11-7;1-5(2,3)4/h3-5H,1H2,2H3;1H3,(H,2,3,4). The lowest BCUT2D eigenvalue weighted by molar-refractivity contribution is -0.133. The van der Waals surface area contributed by atoms with Gasteiger partial charge in [0, 0.05) is 4.88 Å². The predicted octanol–water partition coefficient (Wildman–Crippen LogP) is 1.44.